The molecule has 1 aliphatic rings. The molecule has 3 aromatic rings. The second-order valence-corrected chi connectivity index (χ2v) is 10.1. The highest BCUT2D eigenvalue weighted by Crippen LogP contribution is 2.65. The first-order valence-electron chi connectivity index (χ1n) is 10.5. The molecule has 0 saturated heterocycles. The zero-order valence-electron chi connectivity index (χ0n) is 18.4. The SMILES string of the molecule is CN(C(=O)c1cc(NC(=O)C2C(c3ccc(C(F)(F)F)cc3)C2(Cl)Cl)ccc1Cl)c1ccc(F)cc1. The van der Waals surface area contributed by atoms with Crippen molar-refractivity contribution >= 4 is 58.0 Å². The molecule has 1 fully saturated rings. The molecule has 1 aliphatic carbocycles. The van der Waals surface area contributed by atoms with Crippen LogP contribution in [0.2, 0.25) is 5.02 Å². The molecule has 4 nitrogen and oxygen atoms in total. The number of nitrogens with zero attached hydrogens (tertiary/aromatic N) is 1. The number of amides is 2. The number of nitrogens with one attached hydrogen (secondary N) is 1. The fourth-order valence-electron chi connectivity index (χ4n) is 3.90. The number of hydrogen-bond acceptors (Lipinski definition) is 2. The van der Waals surface area contributed by atoms with Gasteiger partial charge in [0.05, 0.1) is 22.1 Å². The molecular formula is C25H17Cl3F4N2O2. The average molecular weight is 560 g/mol. The molecular weight excluding hydrogens is 543 g/mol. The van der Waals surface area contributed by atoms with E-state index in [1.54, 1.807) is 0 Å². The van der Waals surface area contributed by atoms with Crippen molar-refractivity contribution < 1.29 is 27.2 Å². The van der Waals surface area contributed by atoms with E-state index in [9.17, 15) is 27.2 Å². The molecule has 188 valence electrons. The van der Waals surface area contributed by atoms with E-state index >= 15 is 0 Å². The van der Waals surface area contributed by atoms with Crippen molar-refractivity contribution in [1.29, 1.82) is 0 Å². The van der Waals surface area contributed by atoms with E-state index in [1.807, 2.05) is 0 Å². The summed E-state index contributed by atoms with van der Waals surface area (Å²) in [6, 6.07) is 13.9. The monoisotopic (exact) mass is 558 g/mol. The summed E-state index contributed by atoms with van der Waals surface area (Å²) in [7, 11) is 1.49. The lowest BCUT2D eigenvalue weighted by atomic mass is 10.1. The number of halogens is 7. The third kappa shape index (κ3) is 5.16. The summed E-state index contributed by atoms with van der Waals surface area (Å²) in [5.41, 5.74) is 0.313. The largest absolute Gasteiger partial charge is 0.416 e. The van der Waals surface area contributed by atoms with Crippen LogP contribution in [0.15, 0.2) is 66.7 Å². The molecule has 0 bridgehead atoms. The molecule has 11 heteroatoms. The van der Waals surface area contributed by atoms with Crippen LogP contribution in [0.4, 0.5) is 28.9 Å². The first-order valence-corrected chi connectivity index (χ1v) is 11.6. The number of carbonyl (C=O) groups excluding carboxylic acids is 2. The Bertz CT molecular complexity index is 1310. The van der Waals surface area contributed by atoms with Crippen molar-refractivity contribution in [1.82, 2.24) is 0 Å². The van der Waals surface area contributed by atoms with Crippen LogP contribution in [-0.2, 0) is 11.0 Å². The van der Waals surface area contributed by atoms with Crippen molar-refractivity contribution in [2.45, 2.75) is 16.4 Å². The zero-order chi connectivity index (χ0) is 26.4. The van der Waals surface area contributed by atoms with E-state index in [1.165, 1.54) is 66.5 Å². The van der Waals surface area contributed by atoms with Crippen LogP contribution in [0.3, 0.4) is 0 Å². The lowest BCUT2D eigenvalue weighted by Gasteiger charge is -2.18. The third-order valence-electron chi connectivity index (χ3n) is 5.92. The summed E-state index contributed by atoms with van der Waals surface area (Å²) >= 11 is 18.8. The Kier molecular flexibility index (Phi) is 6.98. The molecule has 1 N–H and O–H groups in total. The van der Waals surface area contributed by atoms with E-state index in [0.29, 0.717) is 11.3 Å². The topological polar surface area (TPSA) is 49.4 Å². The highest BCUT2D eigenvalue weighted by atomic mass is 35.5. The predicted molar refractivity (Wildman–Crippen MR) is 131 cm³/mol. The normalized spacial score (nSPS) is 18.4. The molecule has 0 aliphatic heterocycles. The molecule has 2 amide bonds. The van der Waals surface area contributed by atoms with Gasteiger partial charge >= 0.3 is 6.18 Å². The Morgan fingerprint density at radius 1 is 0.972 bits per heavy atom. The van der Waals surface area contributed by atoms with Gasteiger partial charge in [0.1, 0.15) is 10.2 Å². The summed E-state index contributed by atoms with van der Waals surface area (Å²) in [5, 5.41) is 2.77. The smallest absolute Gasteiger partial charge is 0.326 e. The quantitative estimate of drug-likeness (QED) is 0.263. The Morgan fingerprint density at radius 2 is 1.58 bits per heavy atom. The van der Waals surface area contributed by atoms with Gasteiger partial charge in [-0.05, 0) is 60.2 Å². The van der Waals surface area contributed by atoms with Crippen LogP contribution < -0.4 is 10.2 Å². The van der Waals surface area contributed by atoms with E-state index in [0.717, 1.165) is 12.1 Å². The van der Waals surface area contributed by atoms with Gasteiger partial charge in [-0.3, -0.25) is 9.59 Å². The Labute approximate surface area is 218 Å². The second kappa shape index (κ2) is 9.57. The maximum Gasteiger partial charge on any atom is 0.416 e. The van der Waals surface area contributed by atoms with E-state index in [-0.39, 0.29) is 16.3 Å². The maximum atomic E-state index is 13.2. The van der Waals surface area contributed by atoms with Gasteiger partial charge < -0.3 is 10.2 Å². The number of carbonyl (C=O) groups is 2. The van der Waals surface area contributed by atoms with Gasteiger partial charge in [-0.2, -0.15) is 13.2 Å². The van der Waals surface area contributed by atoms with Crippen LogP contribution in [0.5, 0.6) is 0 Å². The fourth-order valence-corrected chi connectivity index (χ4v) is 4.92. The Balaban J connectivity index is 1.50. The molecule has 0 aromatic heterocycles. The van der Waals surface area contributed by atoms with E-state index in [4.69, 9.17) is 34.8 Å². The van der Waals surface area contributed by atoms with Gasteiger partial charge in [0.25, 0.3) is 5.91 Å². The van der Waals surface area contributed by atoms with Crippen LogP contribution >= 0.6 is 34.8 Å². The highest BCUT2D eigenvalue weighted by Gasteiger charge is 2.67. The fraction of sp³-hybridized carbons (Fsp3) is 0.200. The predicted octanol–water partition coefficient (Wildman–Crippen LogP) is 7.30. The van der Waals surface area contributed by atoms with Gasteiger partial charge in [0.15, 0.2) is 0 Å². The minimum absolute atomic E-state index is 0.0828. The van der Waals surface area contributed by atoms with Crippen molar-refractivity contribution in [3.8, 4) is 0 Å². The van der Waals surface area contributed by atoms with Crippen LogP contribution in [0, 0.1) is 11.7 Å². The molecule has 2 unspecified atom stereocenters. The molecule has 1 saturated carbocycles. The van der Waals surface area contributed by atoms with Crippen molar-refractivity contribution in [3.63, 3.8) is 0 Å². The first kappa shape index (κ1) is 26.3. The summed E-state index contributed by atoms with van der Waals surface area (Å²) in [5.74, 6) is -3.18. The minimum atomic E-state index is -4.49. The van der Waals surface area contributed by atoms with E-state index in [2.05, 4.69) is 5.32 Å². The zero-order valence-corrected chi connectivity index (χ0v) is 20.7. The van der Waals surface area contributed by atoms with Crippen molar-refractivity contribution in [3.05, 3.63) is 94.3 Å². The van der Waals surface area contributed by atoms with Gasteiger partial charge in [-0.1, -0.05) is 23.7 Å². The van der Waals surface area contributed by atoms with Gasteiger partial charge in [0, 0.05) is 24.3 Å². The number of hydrogen-bond donors (Lipinski definition) is 1. The van der Waals surface area contributed by atoms with Gasteiger partial charge in [-0.25, -0.2) is 4.39 Å². The summed E-state index contributed by atoms with van der Waals surface area (Å²) < 4.78 is 50.2. The summed E-state index contributed by atoms with van der Waals surface area (Å²) in [6.07, 6.45) is -4.49. The van der Waals surface area contributed by atoms with Gasteiger partial charge in [0.2, 0.25) is 5.91 Å². The minimum Gasteiger partial charge on any atom is -0.326 e. The van der Waals surface area contributed by atoms with Crippen LogP contribution in [-0.4, -0.2) is 23.2 Å². The molecule has 3 aromatic carbocycles. The lowest BCUT2D eigenvalue weighted by molar-refractivity contribution is -0.137. The number of benzene rings is 3. The first-order chi connectivity index (χ1) is 16.8. The van der Waals surface area contributed by atoms with Crippen LogP contribution in [0.1, 0.15) is 27.4 Å². The second-order valence-electron chi connectivity index (χ2n) is 8.27. The number of rotatable bonds is 5. The van der Waals surface area contributed by atoms with Crippen LogP contribution in [0.25, 0.3) is 0 Å². The van der Waals surface area contributed by atoms with Crippen molar-refractivity contribution in [2.24, 2.45) is 5.92 Å². The standard InChI is InChI=1S/C25H17Cl3F4N2O2/c1-34(17-9-6-15(29)7-10-17)23(36)18-12-16(8-11-19(18)26)33-22(35)21-20(24(21,27)28)13-2-4-14(5-3-13)25(30,31)32/h2-12,20-21H,1H3,(H,33,35). The number of alkyl halides is 5. The molecule has 0 heterocycles. The van der Waals surface area contributed by atoms with Gasteiger partial charge in [-0.15, -0.1) is 23.2 Å². The lowest BCUT2D eigenvalue weighted by Crippen LogP contribution is -2.26. The highest BCUT2D eigenvalue weighted by molar-refractivity contribution is 6.53. The molecule has 0 spiro atoms. The summed E-state index contributed by atoms with van der Waals surface area (Å²) in [4.78, 5) is 27.2. The maximum absolute atomic E-state index is 13.2. The molecule has 0 radical (unpaired) electrons. The Morgan fingerprint density at radius 3 is 2.17 bits per heavy atom. The number of anilines is 2. The molecule has 36 heavy (non-hydrogen) atoms. The molecule has 4 rings (SSSR count). The third-order valence-corrected chi connectivity index (χ3v) is 7.19. The average Bonchev–Trinajstić information content (AvgIpc) is 3.41. The summed E-state index contributed by atoms with van der Waals surface area (Å²) in [6.45, 7) is 0. The molecule has 2 atom stereocenters. The van der Waals surface area contributed by atoms with Crippen molar-refractivity contribution in [2.75, 3.05) is 17.3 Å². The van der Waals surface area contributed by atoms with E-state index < -0.39 is 45.5 Å². The Hall–Kier alpha value is -2.81.